The van der Waals surface area contributed by atoms with Gasteiger partial charge in [-0.05, 0) is 32.2 Å². The van der Waals surface area contributed by atoms with Crippen molar-refractivity contribution in [1.29, 1.82) is 0 Å². The van der Waals surface area contributed by atoms with Crippen molar-refractivity contribution in [3.63, 3.8) is 0 Å². The Hall–Kier alpha value is -2.21. The quantitative estimate of drug-likeness (QED) is 0.825. The van der Waals surface area contributed by atoms with E-state index in [0.29, 0.717) is 12.2 Å². The minimum absolute atomic E-state index is 0.184. The van der Waals surface area contributed by atoms with Gasteiger partial charge in [-0.1, -0.05) is 0 Å². The summed E-state index contributed by atoms with van der Waals surface area (Å²) in [7, 11) is 1.85. The highest BCUT2D eigenvalue weighted by atomic mass is 16.1. The monoisotopic (exact) mass is 259 g/mol. The number of aromatic nitrogens is 3. The van der Waals surface area contributed by atoms with Gasteiger partial charge in [-0.2, -0.15) is 5.10 Å². The molecular formula is C13H17N5O. The fourth-order valence-electron chi connectivity index (χ4n) is 1.55. The second-order valence-corrected chi connectivity index (χ2v) is 4.25. The maximum Gasteiger partial charge on any atom is 0.270 e. The third-order valence-corrected chi connectivity index (χ3v) is 2.81. The first-order chi connectivity index (χ1) is 9.20. The Balaban J connectivity index is 2.08. The first-order valence-corrected chi connectivity index (χ1v) is 6.12. The Morgan fingerprint density at radius 3 is 3.00 bits per heavy atom. The lowest BCUT2D eigenvalue weighted by atomic mass is 10.3. The molecule has 0 aliphatic rings. The lowest BCUT2D eigenvalue weighted by Gasteiger charge is -2.11. The Morgan fingerprint density at radius 2 is 2.32 bits per heavy atom. The summed E-state index contributed by atoms with van der Waals surface area (Å²) in [6.07, 6.45) is 5.11. The normalized spacial score (nSPS) is 12.1. The molecule has 0 saturated carbocycles. The molecule has 0 aliphatic heterocycles. The maximum atomic E-state index is 12.0. The largest absolute Gasteiger partial charge is 0.349 e. The summed E-state index contributed by atoms with van der Waals surface area (Å²) in [6.45, 7) is 2.55. The van der Waals surface area contributed by atoms with E-state index in [4.69, 9.17) is 0 Å². The zero-order valence-corrected chi connectivity index (χ0v) is 11.0. The fourth-order valence-corrected chi connectivity index (χ4v) is 1.55. The van der Waals surface area contributed by atoms with Gasteiger partial charge >= 0.3 is 0 Å². The van der Waals surface area contributed by atoms with Crippen molar-refractivity contribution in [2.75, 3.05) is 13.6 Å². The Labute approximate surface area is 111 Å². The summed E-state index contributed by atoms with van der Waals surface area (Å²) in [5, 5.41) is 10.0. The number of hydrogen-bond acceptors (Lipinski definition) is 4. The average molecular weight is 259 g/mol. The second kappa shape index (κ2) is 6.10. The highest BCUT2D eigenvalue weighted by Gasteiger charge is 2.09. The first kappa shape index (κ1) is 13.2. The van der Waals surface area contributed by atoms with E-state index in [1.807, 2.05) is 26.2 Å². The van der Waals surface area contributed by atoms with Crippen LogP contribution in [0.15, 0.2) is 36.8 Å². The summed E-state index contributed by atoms with van der Waals surface area (Å²) in [4.78, 5) is 16.0. The van der Waals surface area contributed by atoms with Gasteiger partial charge in [0, 0.05) is 31.2 Å². The minimum Gasteiger partial charge on any atom is -0.349 e. The van der Waals surface area contributed by atoms with Gasteiger partial charge in [0.05, 0.1) is 5.69 Å². The molecule has 0 fully saturated rings. The molecular weight excluding hydrogens is 242 g/mol. The van der Waals surface area contributed by atoms with Crippen LogP contribution in [0.1, 0.15) is 17.4 Å². The molecule has 2 rings (SSSR count). The van der Waals surface area contributed by atoms with Crippen LogP contribution in [0.25, 0.3) is 5.69 Å². The lowest BCUT2D eigenvalue weighted by Crippen LogP contribution is -2.37. The van der Waals surface area contributed by atoms with Gasteiger partial charge in [-0.25, -0.2) is 4.68 Å². The molecule has 2 aromatic heterocycles. The van der Waals surface area contributed by atoms with E-state index in [1.165, 1.54) is 0 Å². The molecule has 0 spiro atoms. The molecule has 6 heteroatoms. The summed E-state index contributed by atoms with van der Waals surface area (Å²) in [5.41, 5.74) is 1.20. The van der Waals surface area contributed by atoms with Crippen LogP contribution in [0.2, 0.25) is 0 Å². The molecule has 2 heterocycles. The zero-order chi connectivity index (χ0) is 13.7. The molecule has 0 saturated heterocycles. The smallest absolute Gasteiger partial charge is 0.270 e. The van der Waals surface area contributed by atoms with E-state index in [-0.39, 0.29) is 11.9 Å². The highest BCUT2D eigenvalue weighted by Crippen LogP contribution is 2.06. The molecule has 2 aromatic rings. The predicted octanol–water partition coefficient (Wildman–Crippen LogP) is 0.605. The summed E-state index contributed by atoms with van der Waals surface area (Å²) >= 11 is 0. The number of pyridine rings is 1. The SMILES string of the molecule is CNC(C)CNC(=O)c1cc(-n2cccn2)ccn1. The minimum atomic E-state index is -0.184. The summed E-state index contributed by atoms with van der Waals surface area (Å²) in [5.74, 6) is -0.184. The molecule has 100 valence electrons. The topological polar surface area (TPSA) is 71.8 Å². The second-order valence-electron chi connectivity index (χ2n) is 4.25. The number of amides is 1. The van der Waals surface area contributed by atoms with E-state index < -0.39 is 0 Å². The van der Waals surface area contributed by atoms with E-state index >= 15 is 0 Å². The number of rotatable bonds is 5. The van der Waals surface area contributed by atoms with Crippen LogP contribution in [0.5, 0.6) is 0 Å². The van der Waals surface area contributed by atoms with Crippen molar-refractivity contribution >= 4 is 5.91 Å². The number of hydrogen-bond donors (Lipinski definition) is 2. The molecule has 0 radical (unpaired) electrons. The number of carbonyl (C=O) groups excluding carboxylic acids is 1. The number of nitrogens with zero attached hydrogens (tertiary/aromatic N) is 3. The third kappa shape index (κ3) is 3.38. The first-order valence-electron chi connectivity index (χ1n) is 6.12. The van der Waals surface area contributed by atoms with E-state index in [0.717, 1.165) is 5.69 Å². The maximum absolute atomic E-state index is 12.0. The van der Waals surface area contributed by atoms with E-state index in [9.17, 15) is 4.79 Å². The van der Waals surface area contributed by atoms with Gasteiger partial charge in [0.15, 0.2) is 0 Å². The third-order valence-electron chi connectivity index (χ3n) is 2.81. The van der Waals surface area contributed by atoms with Gasteiger partial charge in [0.25, 0.3) is 5.91 Å². The van der Waals surface area contributed by atoms with Crippen LogP contribution in [0.3, 0.4) is 0 Å². The Morgan fingerprint density at radius 1 is 1.47 bits per heavy atom. The van der Waals surface area contributed by atoms with Gasteiger partial charge in [0.2, 0.25) is 0 Å². The Kier molecular flexibility index (Phi) is 4.25. The highest BCUT2D eigenvalue weighted by molar-refractivity contribution is 5.92. The van der Waals surface area contributed by atoms with Crippen molar-refractivity contribution in [2.24, 2.45) is 0 Å². The van der Waals surface area contributed by atoms with Crippen molar-refractivity contribution < 1.29 is 4.79 Å². The Bertz CT molecular complexity index is 538. The van der Waals surface area contributed by atoms with Crippen LogP contribution < -0.4 is 10.6 Å². The van der Waals surface area contributed by atoms with Crippen LogP contribution in [-0.4, -0.2) is 40.3 Å². The number of nitrogens with one attached hydrogen (secondary N) is 2. The predicted molar refractivity (Wildman–Crippen MR) is 72.2 cm³/mol. The molecule has 1 amide bonds. The van der Waals surface area contributed by atoms with Crippen molar-refractivity contribution in [2.45, 2.75) is 13.0 Å². The van der Waals surface area contributed by atoms with Gasteiger partial charge in [-0.15, -0.1) is 0 Å². The van der Waals surface area contributed by atoms with Crippen LogP contribution in [-0.2, 0) is 0 Å². The molecule has 2 N–H and O–H groups in total. The van der Waals surface area contributed by atoms with Crippen molar-refractivity contribution in [3.05, 3.63) is 42.5 Å². The molecule has 0 bridgehead atoms. The van der Waals surface area contributed by atoms with Crippen molar-refractivity contribution in [3.8, 4) is 5.69 Å². The van der Waals surface area contributed by atoms with E-state index in [1.54, 1.807) is 29.2 Å². The summed E-state index contributed by atoms with van der Waals surface area (Å²) in [6, 6.07) is 5.57. The summed E-state index contributed by atoms with van der Waals surface area (Å²) < 4.78 is 1.69. The molecule has 6 nitrogen and oxygen atoms in total. The molecule has 1 unspecified atom stereocenters. The zero-order valence-electron chi connectivity index (χ0n) is 11.0. The lowest BCUT2D eigenvalue weighted by molar-refractivity contribution is 0.0945. The van der Waals surface area contributed by atoms with E-state index in [2.05, 4.69) is 20.7 Å². The fraction of sp³-hybridized carbons (Fsp3) is 0.308. The van der Waals surface area contributed by atoms with Crippen LogP contribution >= 0.6 is 0 Å². The van der Waals surface area contributed by atoms with Crippen LogP contribution in [0, 0.1) is 0 Å². The van der Waals surface area contributed by atoms with Gasteiger partial charge < -0.3 is 10.6 Å². The van der Waals surface area contributed by atoms with Crippen LogP contribution in [0.4, 0.5) is 0 Å². The number of likely N-dealkylation sites (N-methyl/N-ethyl adjacent to an activating group) is 1. The molecule has 0 aromatic carbocycles. The average Bonchev–Trinajstić information content (AvgIpc) is 2.98. The van der Waals surface area contributed by atoms with Gasteiger partial charge in [-0.3, -0.25) is 9.78 Å². The van der Waals surface area contributed by atoms with Crippen molar-refractivity contribution in [1.82, 2.24) is 25.4 Å². The standard InChI is InChI=1S/C13H17N5O/c1-10(14-2)9-16-13(19)12-8-11(4-6-15-12)18-7-3-5-17-18/h3-8,10,14H,9H2,1-2H3,(H,16,19). The molecule has 19 heavy (non-hydrogen) atoms. The van der Waals surface area contributed by atoms with Gasteiger partial charge in [0.1, 0.15) is 5.69 Å². The number of carbonyl (C=O) groups is 1. The molecule has 0 aliphatic carbocycles. The molecule has 1 atom stereocenters.